The summed E-state index contributed by atoms with van der Waals surface area (Å²) in [6, 6.07) is 64.8. The number of anilines is 3. The number of furan rings is 1. The summed E-state index contributed by atoms with van der Waals surface area (Å²) in [5.41, 5.74) is 12.0. The van der Waals surface area contributed by atoms with Crippen LogP contribution in [0.25, 0.3) is 85.2 Å². The second kappa shape index (κ2) is 12.6. The number of rotatable bonds is 6. The van der Waals surface area contributed by atoms with Crippen LogP contribution >= 0.6 is 22.7 Å². The molecule has 254 valence electrons. The number of nitrogens with zero attached hydrogens (tertiary/aromatic N) is 2. The summed E-state index contributed by atoms with van der Waals surface area (Å²) in [6.07, 6.45) is 0. The summed E-state index contributed by atoms with van der Waals surface area (Å²) < 4.78 is 10.1. The first-order chi connectivity index (χ1) is 26.7. The van der Waals surface area contributed by atoms with Crippen molar-refractivity contribution in [3.63, 3.8) is 0 Å². The molecule has 0 aliphatic heterocycles. The zero-order valence-electron chi connectivity index (χ0n) is 28.9. The molecule has 0 saturated heterocycles. The third-order valence-electron chi connectivity index (χ3n) is 10.3. The quantitative estimate of drug-likeness (QED) is 0.171. The Hall–Kier alpha value is -6.53. The van der Waals surface area contributed by atoms with Crippen LogP contribution in [0.3, 0.4) is 0 Å². The molecule has 54 heavy (non-hydrogen) atoms. The Balaban J connectivity index is 1.02. The number of aromatic nitrogens is 1. The topological polar surface area (TPSA) is 29.3 Å². The van der Waals surface area contributed by atoms with Gasteiger partial charge in [-0.1, -0.05) is 127 Å². The number of fused-ring (bicyclic) bond motifs is 7. The van der Waals surface area contributed by atoms with E-state index in [1.165, 1.54) is 47.1 Å². The van der Waals surface area contributed by atoms with E-state index in [4.69, 9.17) is 9.40 Å². The van der Waals surface area contributed by atoms with Crippen molar-refractivity contribution < 1.29 is 4.42 Å². The maximum Gasteiger partial charge on any atom is 0.137 e. The minimum Gasteiger partial charge on any atom is -0.456 e. The van der Waals surface area contributed by atoms with Crippen LogP contribution in [0.4, 0.5) is 17.1 Å². The minimum atomic E-state index is 0.874. The highest BCUT2D eigenvalue weighted by molar-refractivity contribution is 7.26. The molecule has 5 heteroatoms. The monoisotopic (exact) mass is 726 g/mol. The van der Waals surface area contributed by atoms with Gasteiger partial charge in [0.1, 0.15) is 16.2 Å². The van der Waals surface area contributed by atoms with Crippen LogP contribution in [0.2, 0.25) is 0 Å². The zero-order valence-corrected chi connectivity index (χ0v) is 30.6. The number of thiazole rings is 1. The van der Waals surface area contributed by atoms with Crippen molar-refractivity contribution in [2.24, 2.45) is 0 Å². The first kappa shape index (κ1) is 31.0. The molecule has 3 nitrogen and oxygen atoms in total. The van der Waals surface area contributed by atoms with Gasteiger partial charge in [0.2, 0.25) is 0 Å². The SMILES string of the molecule is c1ccc(-c2ccc(N(c3ccc(-c4cccc5c4sc4cc6nc(-c7ccccc7)sc6cc45)cc3)c3cccc4oc5ccccc5c34)cc2)cc1. The highest BCUT2D eigenvalue weighted by atomic mass is 32.1. The molecule has 0 aliphatic rings. The summed E-state index contributed by atoms with van der Waals surface area (Å²) in [6.45, 7) is 0. The Bertz CT molecular complexity index is 3140. The molecule has 0 aliphatic carbocycles. The Morgan fingerprint density at radius 1 is 0.444 bits per heavy atom. The van der Waals surface area contributed by atoms with E-state index < -0.39 is 0 Å². The molecule has 3 aromatic heterocycles. The van der Waals surface area contributed by atoms with E-state index in [-0.39, 0.29) is 0 Å². The predicted molar refractivity (Wildman–Crippen MR) is 231 cm³/mol. The lowest BCUT2D eigenvalue weighted by molar-refractivity contribution is 0.669. The first-order valence-electron chi connectivity index (χ1n) is 18.0. The number of hydrogen-bond acceptors (Lipinski definition) is 5. The number of benzene rings is 8. The van der Waals surface area contributed by atoms with Crippen LogP contribution < -0.4 is 4.90 Å². The van der Waals surface area contributed by atoms with Crippen LogP contribution in [0.15, 0.2) is 186 Å². The number of thiophene rings is 1. The molecule has 0 radical (unpaired) electrons. The molecule has 11 rings (SSSR count). The van der Waals surface area contributed by atoms with Crippen molar-refractivity contribution in [1.82, 2.24) is 4.98 Å². The van der Waals surface area contributed by atoms with Crippen LogP contribution in [0.5, 0.6) is 0 Å². The third kappa shape index (κ3) is 5.12. The average molecular weight is 727 g/mol. The van der Waals surface area contributed by atoms with Gasteiger partial charge in [0, 0.05) is 42.5 Å². The maximum absolute atomic E-state index is 6.35. The fraction of sp³-hybridized carbons (Fsp3) is 0. The van der Waals surface area contributed by atoms with Gasteiger partial charge in [-0.25, -0.2) is 4.98 Å². The second-order valence-electron chi connectivity index (χ2n) is 13.5. The van der Waals surface area contributed by atoms with E-state index in [2.05, 4.69) is 169 Å². The van der Waals surface area contributed by atoms with Crippen molar-refractivity contribution in [2.45, 2.75) is 0 Å². The van der Waals surface area contributed by atoms with E-state index >= 15 is 0 Å². The summed E-state index contributed by atoms with van der Waals surface area (Å²) in [5.74, 6) is 0. The lowest BCUT2D eigenvalue weighted by Crippen LogP contribution is -2.10. The molecule has 0 amide bonds. The van der Waals surface area contributed by atoms with E-state index in [9.17, 15) is 0 Å². The van der Waals surface area contributed by atoms with Crippen LogP contribution in [0.1, 0.15) is 0 Å². The van der Waals surface area contributed by atoms with Crippen molar-refractivity contribution in [3.05, 3.63) is 182 Å². The molecule has 11 aromatic rings. The zero-order chi connectivity index (χ0) is 35.6. The number of hydrogen-bond donors (Lipinski definition) is 0. The molecule has 8 aromatic carbocycles. The van der Waals surface area contributed by atoms with Crippen molar-refractivity contribution >= 4 is 92.1 Å². The first-order valence-corrected chi connectivity index (χ1v) is 19.7. The lowest BCUT2D eigenvalue weighted by atomic mass is 10.0. The molecule has 0 spiro atoms. The molecular weight excluding hydrogens is 697 g/mol. The molecule has 0 unspecified atom stereocenters. The van der Waals surface area contributed by atoms with E-state index in [0.717, 1.165) is 55.1 Å². The van der Waals surface area contributed by atoms with E-state index in [1.54, 1.807) is 11.3 Å². The highest BCUT2D eigenvalue weighted by Gasteiger charge is 2.20. The van der Waals surface area contributed by atoms with Gasteiger partial charge in [0.25, 0.3) is 0 Å². The Kier molecular flexibility index (Phi) is 7.22. The van der Waals surface area contributed by atoms with Crippen LogP contribution in [0, 0.1) is 0 Å². The van der Waals surface area contributed by atoms with Gasteiger partial charge in [0.05, 0.1) is 21.3 Å². The van der Waals surface area contributed by atoms with Crippen molar-refractivity contribution in [2.75, 3.05) is 4.90 Å². The van der Waals surface area contributed by atoms with Crippen molar-refractivity contribution in [3.8, 4) is 32.8 Å². The Morgan fingerprint density at radius 3 is 1.85 bits per heavy atom. The Labute approximate surface area is 319 Å². The molecule has 0 saturated carbocycles. The van der Waals surface area contributed by atoms with Gasteiger partial charge in [-0.15, -0.1) is 22.7 Å². The van der Waals surface area contributed by atoms with Gasteiger partial charge in [-0.05, 0) is 76.9 Å². The molecule has 3 heterocycles. The third-order valence-corrected chi connectivity index (χ3v) is 12.6. The van der Waals surface area contributed by atoms with E-state index in [1.807, 2.05) is 29.5 Å². The molecule has 0 bridgehead atoms. The smallest absolute Gasteiger partial charge is 0.137 e. The van der Waals surface area contributed by atoms with Crippen LogP contribution in [-0.4, -0.2) is 4.98 Å². The van der Waals surface area contributed by atoms with Gasteiger partial charge in [0.15, 0.2) is 0 Å². The molecule has 0 atom stereocenters. The summed E-state index contributed by atoms with van der Waals surface area (Å²) in [5, 5.41) is 5.84. The second-order valence-corrected chi connectivity index (χ2v) is 15.6. The van der Waals surface area contributed by atoms with Crippen molar-refractivity contribution in [1.29, 1.82) is 0 Å². The van der Waals surface area contributed by atoms with Gasteiger partial charge < -0.3 is 9.32 Å². The maximum atomic E-state index is 6.35. The fourth-order valence-electron chi connectivity index (χ4n) is 7.74. The summed E-state index contributed by atoms with van der Waals surface area (Å²) >= 11 is 3.62. The molecule has 0 fully saturated rings. The van der Waals surface area contributed by atoms with Gasteiger partial charge in [-0.2, -0.15) is 0 Å². The highest BCUT2D eigenvalue weighted by Crippen LogP contribution is 2.46. The van der Waals surface area contributed by atoms with Gasteiger partial charge >= 0.3 is 0 Å². The molecular formula is C49H30N2OS2. The normalized spacial score (nSPS) is 11.7. The van der Waals surface area contributed by atoms with E-state index in [0.29, 0.717) is 0 Å². The standard InChI is InChI=1S/C49H30N2OS2/c1-3-11-31(12-4-1)32-21-25-35(26-22-32)51(42-18-10-20-44-47(42)39-15-7-8-19-43(39)52-44)36-27-23-33(24-28-36)37-16-9-17-38-40-29-46-41(30-45(40)53-48(37)38)50-49(54-46)34-13-5-2-6-14-34/h1-30H. The summed E-state index contributed by atoms with van der Waals surface area (Å²) in [7, 11) is 0. The lowest BCUT2D eigenvalue weighted by Gasteiger charge is -2.26. The summed E-state index contributed by atoms with van der Waals surface area (Å²) in [4.78, 5) is 7.38. The number of para-hydroxylation sites is 1. The van der Waals surface area contributed by atoms with Crippen LogP contribution in [-0.2, 0) is 0 Å². The van der Waals surface area contributed by atoms with Gasteiger partial charge in [-0.3, -0.25) is 0 Å². The fourth-order valence-corrected chi connectivity index (χ4v) is 9.99. The Morgan fingerprint density at radius 2 is 1.07 bits per heavy atom. The largest absolute Gasteiger partial charge is 0.456 e. The minimum absolute atomic E-state index is 0.874. The average Bonchev–Trinajstić information content (AvgIpc) is 3.94. The predicted octanol–water partition coefficient (Wildman–Crippen LogP) is 15.0. The molecule has 0 N–H and O–H groups in total.